The van der Waals surface area contributed by atoms with Crippen LogP contribution in [0, 0.1) is 5.92 Å². The molecule has 2 rings (SSSR count). The molecule has 1 heteroatoms. The highest BCUT2D eigenvalue weighted by Gasteiger charge is 2.22. The number of hydrogen-bond donors (Lipinski definition) is 1. The van der Waals surface area contributed by atoms with Gasteiger partial charge in [0.2, 0.25) is 0 Å². The van der Waals surface area contributed by atoms with Crippen molar-refractivity contribution in [2.24, 2.45) is 5.92 Å². The lowest BCUT2D eigenvalue weighted by molar-refractivity contribution is 0.556. The summed E-state index contributed by atoms with van der Waals surface area (Å²) in [4.78, 5) is 0. The van der Waals surface area contributed by atoms with Gasteiger partial charge in [0.25, 0.3) is 0 Å². The van der Waals surface area contributed by atoms with Crippen LogP contribution in [-0.2, 0) is 6.42 Å². The molecule has 1 nitrogen and oxygen atoms in total. The third-order valence-corrected chi connectivity index (χ3v) is 3.55. The average Bonchev–Trinajstić information content (AvgIpc) is 2.65. The van der Waals surface area contributed by atoms with Crippen molar-refractivity contribution in [2.75, 3.05) is 5.32 Å². The van der Waals surface area contributed by atoms with Gasteiger partial charge >= 0.3 is 0 Å². The van der Waals surface area contributed by atoms with Crippen molar-refractivity contribution in [3.63, 3.8) is 0 Å². The molecular weight excluding hydrogens is 182 g/mol. The molecule has 82 valence electrons. The summed E-state index contributed by atoms with van der Waals surface area (Å²) in [5.74, 6) is 0.829. The highest BCUT2D eigenvalue weighted by molar-refractivity contribution is 5.46. The highest BCUT2D eigenvalue weighted by atomic mass is 14.9. The van der Waals surface area contributed by atoms with Crippen LogP contribution in [0.1, 0.15) is 38.7 Å². The van der Waals surface area contributed by atoms with Gasteiger partial charge in [-0.1, -0.05) is 32.4 Å². The van der Waals surface area contributed by atoms with Crippen LogP contribution < -0.4 is 5.32 Å². The summed E-state index contributed by atoms with van der Waals surface area (Å²) in [7, 11) is 0. The molecule has 15 heavy (non-hydrogen) atoms. The van der Waals surface area contributed by atoms with Crippen LogP contribution in [0.5, 0.6) is 0 Å². The first-order valence-electron chi connectivity index (χ1n) is 6.15. The number of benzene rings is 1. The van der Waals surface area contributed by atoms with Crippen molar-refractivity contribution in [1.82, 2.24) is 0 Å². The van der Waals surface area contributed by atoms with Crippen LogP contribution >= 0.6 is 0 Å². The molecule has 0 aromatic heterocycles. The molecule has 0 spiro atoms. The molecule has 1 aliphatic rings. The van der Waals surface area contributed by atoms with Crippen molar-refractivity contribution >= 4 is 5.69 Å². The van der Waals surface area contributed by atoms with E-state index in [9.17, 15) is 0 Å². The second-order valence-electron chi connectivity index (χ2n) is 4.71. The van der Waals surface area contributed by atoms with Gasteiger partial charge in [0, 0.05) is 11.7 Å². The molecule has 0 bridgehead atoms. The van der Waals surface area contributed by atoms with Crippen LogP contribution in [0.25, 0.3) is 0 Å². The van der Waals surface area contributed by atoms with E-state index in [1.54, 1.807) is 0 Å². The van der Waals surface area contributed by atoms with Gasteiger partial charge in [0.1, 0.15) is 0 Å². The standard InChI is InChI=1S/C14H21N/c1-3-12-7-5-8-13(10-12)15-14-9-4-6-11(14)2/h5,7-8,10-11,14-15H,3-4,6,9H2,1-2H3. The second-order valence-corrected chi connectivity index (χ2v) is 4.71. The van der Waals surface area contributed by atoms with Crippen LogP contribution in [0.15, 0.2) is 24.3 Å². The molecule has 0 aliphatic heterocycles. The molecule has 1 N–H and O–H groups in total. The Hall–Kier alpha value is -0.980. The van der Waals surface area contributed by atoms with E-state index in [1.165, 1.54) is 30.5 Å². The monoisotopic (exact) mass is 203 g/mol. The number of aryl methyl sites for hydroxylation is 1. The van der Waals surface area contributed by atoms with Crippen molar-refractivity contribution < 1.29 is 0 Å². The van der Waals surface area contributed by atoms with Gasteiger partial charge in [-0.3, -0.25) is 0 Å². The lowest BCUT2D eigenvalue weighted by Gasteiger charge is -2.19. The van der Waals surface area contributed by atoms with E-state index in [1.807, 2.05) is 0 Å². The molecule has 1 fully saturated rings. The van der Waals surface area contributed by atoms with Gasteiger partial charge in [-0.15, -0.1) is 0 Å². The zero-order chi connectivity index (χ0) is 10.7. The van der Waals surface area contributed by atoms with E-state index >= 15 is 0 Å². The quantitative estimate of drug-likeness (QED) is 0.786. The minimum atomic E-state index is 0.692. The van der Waals surface area contributed by atoms with Gasteiger partial charge < -0.3 is 5.32 Å². The maximum Gasteiger partial charge on any atom is 0.0345 e. The van der Waals surface area contributed by atoms with Gasteiger partial charge in [0.15, 0.2) is 0 Å². The van der Waals surface area contributed by atoms with Gasteiger partial charge in [-0.25, -0.2) is 0 Å². The maximum atomic E-state index is 3.67. The van der Waals surface area contributed by atoms with E-state index in [2.05, 4.69) is 43.4 Å². The first kappa shape index (κ1) is 10.5. The number of nitrogens with one attached hydrogen (secondary N) is 1. The molecular formula is C14H21N. The number of rotatable bonds is 3. The van der Waals surface area contributed by atoms with Crippen molar-refractivity contribution in [3.8, 4) is 0 Å². The van der Waals surface area contributed by atoms with Crippen LogP contribution in [-0.4, -0.2) is 6.04 Å². The largest absolute Gasteiger partial charge is 0.382 e. The Balaban J connectivity index is 2.03. The smallest absolute Gasteiger partial charge is 0.0345 e. The van der Waals surface area contributed by atoms with Gasteiger partial charge in [-0.2, -0.15) is 0 Å². The molecule has 0 saturated heterocycles. The Kier molecular flexibility index (Phi) is 3.30. The van der Waals surface area contributed by atoms with Crippen molar-refractivity contribution in [1.29, 1.82) is 0 Å². The molecule has 1 aromatic rings. The van der Waals surface area contributed by atoms with Crippen LogP contribution in [0.3, 0.4) is 0 Å². The zero-order valence-corrected chi connectivity index (χ0v) is 9.79. The topological polar surface area (TPSA) is 12.0 Å². The molecule has 1 aromatic carbocycles. The van der Waals surface area contributed by atoms with E-state index in [4.69, 9.17) is 0 Å². The summed E-state index contributed by atoms with van der Waals surface area (Å²) in [6.45, 7) is 4.56. The Bertz CT molecular complexity index is 319. The number of hydrogen-bond acceptors (Lipinski definition) is 1. The second kappa shape index (κ2) is 4.69. The summed E-state index contributed by atoms with van der Waals surface area (Å²) in [5.41, 5.74) is 2.72. The Morgan fingerprint density at radius 2 is 2.20 bits per heavy atom. The van der Waals surface area contributed by atoms with Crippen LogP contribution in [0.2, 0.25) is 0 Å². The highest BCUT2D eigenvalue weighted by Crippen LogP contribution is 2.28. The predicted octanol–water partition coefficient (Wildman–Crippen LogP) is 3.85. The first-order valence-corrected chi connectivity index (χ1v) is 6.15. The lowest BCUT2D eigenvalue weighted by Crippen LogP contribution is -2.21. The van der Waals surface area contributed by atoms with E-state index in [0.717, 1.165) is 12.3 Å². The summed E-state index contributed by atoms with van der Waals surface area (Å²) in [6, 6.07) is 9.51. The normalized spacial score (nSPS) is 25.5. The van der Waals surface area contributed by atoms with Crippen molar-refractivity contribution in [3.05, 3.63) is 29.8 Å². The lowest BCUT2D eigenvalue weighted by atomic mass is 10.1. The minimum Gasteiger partial charge on any atom is -0.382 e. The maximum absolute atomic E-state index is 3.67. The SMILES string of the molecule is CCc1cccc(NC2CCCC2C)c1. The fourth-order valence-electron chi connectivity index (χ4n) is 2.45. The van der Waals surface area contributed by atoms with E-state index in [0.29, 0.717) is 6.04 Å². The summed E-state index contributed by atoms with van der Waals surface area (Å²) >= 11 is 0. The Labute approximate surface area is 92.9 Å². The molecule has 0 radical (unpaired) electrons. The molecule has 1 aliphatic carbocycles. The third-order valence-electron chi connectivity index (χ3n) is 3.55. The molecule has 0 amide bonds. The summed E-state index contributed by atoms with van der Waals surface area (Å²) in [6.07, 6.45) is 5.21. The first-order chi connectivity index (χ1) is 7.29. The number of anilines is 1. The van der Waals surface area contributed by atoms with E-state index in [-0.39, 0.29) is 0 Å². The molecule has 1 saturated carbocycles. The molecule has 0 heterocycles. The third kappa shape index (κ3) is 2.53. The average molecular weight is 203 g/mol. The minimum absolute atomic E-state index is 0.692. The molecule has 2 atom stereocenters. The fraction of sp³-hybridized carbons (Fsp3) is 0.571. The van der Waals surface area contributed by atoms with Gasteiger partial charge in [0.05, 0.1) is 0 Å². The molecule has 2 unspecified atom stereocenters. The van der Waals surface area contributed by atoms with Crippen molar-refractivity contribution in [2.45, 2.75) is 45.6 Å². The summed E-state index contributed by atoms with van der Waals surface area (Å²) in [5, 5.41) is 3.67. The van der Waals surface area contributed by atoms with Crippen LogP contribution in [0.4, 0.5) is 5.69 Å². The van der Waals surface area contributed by atoms with Gasteiger partial charge in [-0.05, 0) is 42.9 Å². The Morgan fingerprint density at radius 3 is 2.87 bits per heavy atom. The predicted molar refractivity (Wildman–Crippen MR) is 66.2 cm³/mol. The fourth-order valence-corrected chi connectivity index (χ4v) is 2.45. The van der Waals surface area contributed by atoms with E-state index < -0.39 is 0 Å². The zero-order valence-electron chi connectivity index (χ0n) is 9.79. The Morgan fingerprint density at radius 1 is 1.33 bits per heavy atom. The summed E-state index contributed by atoms with van der Waals surface area (Å²) < 4.78 is 0.